The lowest BCUT2D eigenvalue weighted by molar-refractivity contribution is -0.123. The number of likely N-dealkylation sites (tertiary alicyclic amines) is 1. The first-order valence-electron chi connectivity index (χ1n) is 8.05. The van der Waals surface area contributed by atoms with Crippen molar-refractivity contribution in [3.63, 3.8) is 0 Å². The molecule has 1 atom stereocenters. The van der Waals surface area contributed by atoms with E-state index in [1.54, 1.807) is 11.3 Å². The third-order valence-electron chi connectivity index (χ3n) is 4.06. The Hall–Kier alpha value is -1.56. The number of thiophene rings is 1. The number of benzene rings is 1. The Balaban J connectivity index is 0.00000208. The molecule has 130 valence electrons. The summed E-state index contributed by atoms with van der Waals surface area (Å²) >= 11 is 1.76. The molecule has 2 heterocycles. The van der Waals surface area contributed by atoms with E-state index in [2.05, 4.69) is 27.7 Å². The van der Waals surface area contributed by atoms with Gasteiger partial charge in [-0.05, 0) is 49.5 Å². The highest BCUT2D eigenvalue weighted by atomic mass is 35.5. The van der Waals surface area contributed by atoms with Crippen LogP contribution >= 0.6 is 23.7 Å². The zero-order valence-electron chi connectivity index (χ0n) is 13.5. The average Bonchev–Trinajstić information content (AvgIpc) is 3.28. The van der Waals surface area contributed by atoms with Gasteiger partial charge in [0.25, 0.3) is 5.91 Å². The molecule has 3 rings (SSSR count). The normalized spacial score (nSPS) is 15.5. The highest BCUT2D eigenvalue weighted by molar-refractivity contribution is 7.10. The maximum atomic E-state index is 12.1. The molecule has 1 amide bonds. The molecule has 0 spiro atoms. The number of nitrogens with one attached hydrogen (secondary N) is 1. The summed E-state index contributed by atoms with van der Waals surface area (Å²) < 4.78 is 5.49. The van der Waals surface area contributed by atoms with E-state index in [1.807, 2.05) is 30.3 Å². The van der Waals surface area contributed by atoms with E-state index >= 15 is 0 Å². The van der Waals surface area contributed by atoms with Crippen molar-refractivity contribution in [2.24, 2.45) is 0 Å². The van der Waals surface area contributed by atoms with Crippen molar-refractivity contribution in [2.75, 3.05) is 26.2 Å². The molecule has 1 saturated heterocycles. The summed E-state index contributed by atoms with van der Waals surface area (Å²) in [4.78, 5) is 15.8. The number of hydrogen-bond acceptors (Lipinski definition) is 4. The van der Waals surface area contributed by atoms with E-state index in [4.69, 9.17) is 4.74 Å². The fourth-order valence-electron chi connectivity index (χ4n) is 2.87. The molecule has 0 saturated carbocycles. The number of para-hydroxylation sites is 1. The maximum Gasteiger partial charge on any atom is 0.258 e. The predicted octanol–water partition coefficient (Wildman–Crippen LogP) is 3.50. The third-order valence-corrected chi connectivity index (χ3v) is 5.03. The van der Waals surface area contributed by atoms with E-state index in [-0.39, 0.29) is 31.0 Å². The van der Waals surface area contributed by atoms with E-state index in [0.717, 1.165) is 18.8 Å². The van der Waals surface area contributed by atoms with Gasteiger partial charge >= 0.3 is 0 Å². The number of carbonyl (C=O) groups excluding carboxylic acids is 1. The van der Waals surface area contributed by atoms with Gasteiger partial charge in [-0.3, -0.25) is 9.69 Å². The van der Waals surface area contributed by atoms with Crippen LogP contribution in [0.25, 0.3) is 0 Å². The van der Waals surface area contributed by atoms with Crippen molar-refractivity contribution < 1.29 is 9.53 Å². The van der Waals surface area contributed by atoms with Crippen LogP contribution in [-0.2, 0) is 4.79 Å². The van der Waals surface area contributed by atoms with Gasteiger partial charge in [-0.2, -0.15) is 0 Å². The lowest BCUT2D eigenvalue weighted by atomic mass is 10.2. The van der Waals surface area contributed by atoms with Crippen molar-refractivity contribution in [1.29, 1.82) is 0 Å². The summed E-state index contributed by atoms with van der Waals surface area (Å²) in [5.41, 5.74) is 0. The van der Waals surface area contributed by atoms with Crippen LogP contribution in [0.3, 0.4) is 0 Å². The number of rotatable bonds is 7. The maximum absolute atomic E-state index is 12.1. The van der Waals surface area contributed by atoms with Crippen LogP contribution in [-0.4, -0.2) is 37.0 Å². The Morgan fingerprint density at radius 2 is 1.92 bits per heavy atom. The first-order valence-corrected chi connectivity index (χ1v) is 8.93. The highest BCUT2D eigenvalue weighted by Crippen LogP contribution is 2.27. The first-order chi connectivity index (χ1) is 11.3. The average molecular weight is 367 g/mol. The Labute approximate surface area is 153 Å². The quantitative estimate of drug-likeness (QED) is 0.815. The van der Waals surface area contributed by atoms with Crippen LogP contribution in [0.4, 0.5) is 0 Å². The van der Waals surface area contributed by atoms with Crippen LogP contribution in [0.5, 0.6) is 5.75 Å². The summed E-state index contributed by atoms with van der Waals surface area (Å²) in [6, 6.07) is 13.9. The number of halogens is 1. The lowest BCUT2D eigenvalue weighted by Crippen LogP contribution is -2.38. The van der Waals surface area contributed by atoms with Crippen LogP contribution in [0.1, 0.15) is 23.8 Å². The molecular weight excluding hydrogens is 344 g/mol. The van der Waals surface area contributed by atoms with Gasteiger partial charge in [0.15, 0.2) is 6.61 Å². The molecule has 2 aromatic rings. The Morgan fingerprint density at radius 1 is 1.17 bits per heavy atom. The van der Waals surface area contributed by atoms with Gasteiger partial charge in [-0.1, -0.05) is 24.3 Å². The second-order valence-electron chi connectivity index (χ2n) is 5.68. The van der Waals surface area contributed by atoms with Crippen molar-refractivity contribution in [3.8, 4) is 5.75 Å². The molecule has 0 aliphatic carbocycles. The van der Waals surface area contributed by atoms with Crippen LogP contribution < -0.4 is 10.1 Å². The molecule has 1 aliphatic rings. The number of ether oxygens (including phenoxy) is 1. The van der Waals surface area contributed by atoms with E-state index in [1.165, 1.54) is 17.7 Å². The van der Waals surface area contributed by atoms with Gasteiger partial charge in [0.05, 0.1) is 6.04 Å². The molecule has 1 aromatic heterocycles. The summed E-state index contributed by atoms with van der Waals surface area (Å²) in [7, 11) is 0. The standard InChI is InChI=1S/C18H22N2O2S.ClH/c21-18(14-22-15-7-2-1-3-8-15)19-13-16(17-9-6-12-23-17)20-10-4-5-11-20;/h1-3,6-9,12,16H,4-5,10-11,13-14H2,(H,19,21);1H. The van der Waals surface area contributed by atoms with Gasteiger partial charge in [-0.25, -0.2) is 0 Å². The second kappa shape index (κ2) is 9.67. The molecule has 0 radical (unpaired) electrons. The first kappa shape index (κ1) is 18.8. The molecule has 4 nitrogen and oxygen atoms in total. The number of carbonyl (C=O) groups is 1. The molecule has 1 fully saturated rings. The minimum Gasteiger partial charge on any atom is -0.484 e. The van der Waals surface area contributed by atoms with E-state index < -0.39 is 0 Å². The number of hydrogen-bond donors (Lipinski definition) is 1. The summed E-state index contributed by atoms with van der Waals surface area (Å²) in [5, 5.41) is 5.12. The summed E-state index contributed by atoms with van der Waals surface area (Å²) in [5.74, 6) is 0.645. The van der Waals surface area contributed by atoms with Crippen LogP contribution in [0.15, 0.2) is 47.8 Å². The molecule has 1 unspecified atom stereocenters. The van der Waals surface area contributed by atoms with Crippen LogP contribution in [0, 0.1) is 0 Å². The zero-order chi connectivity index (χ0) is 15.9. The second-order valence-corrected chi connectivity index (χ2v) is 6.66. The molecule has 1 aliphatic heterocycles. The van der Waals surface area contributed by atoms with Gasteiger partial charge in [0, 0.05) is 11.4 Å². The molecule has 6 heteroatoms. The molecular formula is C18H23ClN2O2S. The van der Waals surface area contributed by atoms with Gasteiger partial charge in [0.1, 0.15) is 5.75 Å². The lowest BCUT2D eigenvalue weighted by Gasteiger charge is -2.26. The Morgan fingerprint density at radius 3 is 2.58 bits per heavy atom. The van der Waals surface area contributed by atoms with Gasteiger partial charge in [-0.15, -0.1) is 23.7 Å². The minimum absolute atomic E-state index is 0. The summed E-state index contributed by atoms with van der Waals surface area (Å²) in [6.07, 6.45) is 2.49. The largest absolute Gasteiger partial charge is 0.484 e. The third kappa shape index (κ3) is 5.23. The van der Waals surface area contributed by atoms with E-state index in [0.29, 0.717) is 6.54 Å². The monoisotopic (exact) mass is 366 g/mol. The molecule has 1 aromatic carbocycles. The zero-order valence-corrected chi connectivity index (χ0v) is 15.2. The van der Waals surface area contributed by atoms with E-state index in [9.17, 15) is 4.79 Å². The number of nitrogens with zero attached hydrogens (tertiary/aromatic N) is 1. The van der Waals surface area contributed by atoms with Crippen molar-refractivity contribution in [3.05, 3.63) is 52.7 Å². The fraction of sp³-hybridized carbons (Fsp3) is 0.389. The van der Waals surface area contributed by atoms with Gasteiger partial charge < -0.3 is 10.1 Å². The Kier molecular flexibility index (Phi) is 7.56. The summed E-state index contributed by atoms with van der Waals surface area (Å²) in [6.45, 7) is 2.91. The smallest absolute Gasteiger partial charge is 0.258 e. The van der Waals surface area contributed by atoms with Gasteiger partial charge in [0.2, 0.25) is 0 Å². The predicted molar refractivity (Wildman–Crippen MR) is 100 cm³/mol. The topological polar surface area (TPSA) is 41.6 Å². The highest BCUT2D eigenvalue weighted by Gasteiger charge is 2.24. The molecule has 0 bridgehead atoms. The van der Waals surface area contributed by atoms with Crippen molar-refractivity contribution >= 4 is 29.7 Å². The Bertz CT molecular complexity index is 601. The fourth-order valence-corrected chi connectivity index (χ4v) is 3.73. The molecule has 24 heavy (non-hydrogen) atoms. The minimum atomic E-state index is -0.0744. The van der Waals surface area contributed by atoms with Crippen LogP contribution in [0.2, 0.25) is 0 Å². The number of amides is 1. The van der Waals surface area contributed by atoms with Crippen molar-refractivity contribution in [2.45, 2.75) is 18.9 Å². The molecule has 1 N–H and O–H groups in total. The SMILES string of the molecule is Cl.O=C(COc1ccccc1)NCC(c1cccs1)N1CCCC1. The van der Waals surface area contributed by atoms with Crippen molar-refractivity contribution in [1.82, 2.24) is 10.2 Å².